The normalized spacial score (nSPS) is 9.80. The number of hydrogen-bond donors (Lipinski definition) is 0. The van der Waals surface area contributed by atoms with Crippen molar-refractivity contribution in [2.24, 2.45) is 4.99 Å². The van der Waals surface area contributed by atoms with E-state index in [1.165, 1.54) is 0 Å². The summed E-state index contributed by atoms with van der Waals surface area (Å²) in [5.41, 5.74) is 6.31. The first-order valence-electron chi connectivity index (χ1n) is 1.57. The van der Waals surface area contributed by atoms with E-state index in [1.54, 1.807) is 0 Å². The van der Waals surface area contributed by atoms with Gasteiger partial charge >= 0.3 is 0 Å². The Morgan fingerprint density at radius 3 is 2.60 bits per heavy atom. The van der Waals surface area contributed by atoms with Gasteiger partial charge in [0.2, 0.25) is 0 Å². The fourth-order valence-corrected chi connectivity index (χ4v) is 0.0913. The molecule has 0 aromatic carbocycles. The fourth-order valence-electron chi connectivity index (χ4n) is 0.0913. The van der Waals surface area contributed by atoms with Gasteiger partial charge in [0.05, 0.1) is 0 Å². The van der Waals surface area contributed by atoms with Crippen molar-refractivity contribution in [3.8, 4) is 0 Å². The lowest BCUT2D eigenvalue weighted by atomic mass is 10.8. The van der Waals surface area contributed by atoms with E-state index in [9.17, 15) is 0 Å². The van der Waals surface area contributed by atoms with Crippen molar-refractivity contribution in [2.75, 3.05) is 6.54 Å². The Kier molecular flexibility index (Phi) is 3.10. The number of nitrogens with zero attached hydrogens (tertiary/aromatic N) is 1. The minimum Gasteiger partial charge on any atom is -0.290 e. The highest BCUT2D eigenvalue weighted by Crippen LogP contribution is 1.54. The van der Waals surface area contributed by atoms with Crippen molar-refractivity contribution in [2.45, 2.75) is 6.92 Å². The van der Waals surface area contributed by atoms with Gasteiger partial charge in [-0.15, -0.1) is 0 Å². The molecule has 0 heterocycles. The number of rotatable bonds is 1. The second-order valence-corrected chi connectivity index (χ2v) is 0.628. The second kappa shape index (κ2) is 3.47. The van der Waals surface area contributed by atoms with E-state index < -0.39 is 0 Å². The minimum absolute atomic E-state index is 0.726. The summed E-state index contributed by atoms with van der Waals surface area (Å²) in [6.07, 6.45) is 1.06. The van der Waals surface area contributed by atoms with Gasteiger partial charge in [-0.25, -0.2) is 0 Å². The molecule has 0 amide bonds. The van der Waals surface area contributed by atoms with Gasteiger partial charge in [-0.1, -0.05) is 0 Å². The van der Waals surface area contributed by atoms with Crippen molar-refractivity contribution in [3.05, 3.63) is 0 Å². The summed E-state index contributed by atoms with van der Waals surface area (Å²) in [4.78, 5) is 3.51. The summed E-state index contributed by atoms with van der Waals surface area (Å²) < 4.78 is 0. The molecule has 0 aliphatic carbocycles. The SMILES string of the molecule is CCN=C[NH]. The lowest BCUT2D eigenvalue weighted by Crippen LogP contribution is -1.70. The third-order valence-electron chi connectivity index (χ3n) is 0.274. The standard InChI is InChI=1S/C3H7N2/c1-2-5-3-4/h3-4H,2H2,1H3. The monoisotopic (exact) mass is 71.1 g/mol. The summed E-state index contributed by atoms with van der Waals surface area (Å²) in [7, 11) is 0. The molecule has 29 valence electrons. The smallest absolute Gasteiger partial charge is 0.101 e. The molecule has 0 aromatic heterocycles. The van der Waals surface area contributed by atoms with Gasteiger partial charge in [0.1, 0.15) is 6.34 Å². The van der Waals surface area contributed by atoms with Crippen LogP contribution in [0, 0.1) is 0 Å². The van der Waals surface area contributed by atoms with Crippen LogP contribution in [-0.4, -0.2) is 12.9 Å². The Balaban J connectivity index is 2.62. The molecule has 2 heteroatoms. The van der Waals surface area contributed by atoms with E-state index in [4.69, 9.17) is 5.73 Å². The van der Waals surface area contributed by atoms with Crippen molar-refractivity contribution < 1.29 is 0 Å². The Labute approximate surface area is 31.7 Å². The molecule has 0 spiro atoms. The van der Waals surface area contributed by atoms with Gasteiger partial charge in [0, 0.05) is 6.54 Å². The lowest BCUT2D eigenvalue weighted by molar-refractivity contribution is 1.13. The Morgan fingerprint density at radius 2 is 2.60 bits per heavy atom. The Bertz CT molecular complexity index is 31.9. The average Bonchev–Trinajstić information content (AvgIpc) is 1.41. The van der Waals surface area contributed by atoms with Crippen LogP contribution in [0.5, 0.6) is 0 Å². The van der Waals surface area contributed by atoms with E-state index >= 15 is 0 Å². The van der Waals surface area contributed by atoms with Gasteiger partial charge in [-0.2, -0.15) is 0 Å². The molecule has 0 atom stereocenters. The maximum atomic E-state index is 6.31. The van der Waals surface area contributed by atoms with Crippen molar-refractivity contribution in [1.82, 2.24) is 5.73 Å². The molecule has 0 rings (SSSR count). The molecule has 0 unspecified atom stereocenters. The second-order valence-electron chi connectivity index (χ2n) is 0.628. The van der Waals surface area contributed by atoms with Crippen LogP contribution in [0.2, 0.25) is 0 Å². The zero-order chi connectivity index (χ0) is 4.12. The van der Waals surface area contributed by atoms with Crippen LogP contribution >= 0.6 is 0 Å². The first kappa shape index (κ1) is 4.47. The van der Waals surface area contributed by atoms with Crippen LogP contribution in [0.25, 0.3) is 0 Å². The van der Waals surface area contributed by atoms with E-state index in [0.717, 1.165) is 12.9 Å². The lowest BCUT2D eigenvalue weighted by Gasteiger charge is -1.67. The summed E-state index contributed by atoms with van der Waals surface area (Å²) in [5.74, 6) is 0. The molecule has 1 radical (unpaired) electrons. The quantitative estimate of drug-likeness (QED) is 0.315. The van der Waals surface area contributed by atoms with Gasteiger partial charge in [-0.05, 0) is 6.92 Å². The van der Waals surface area contributed by atoms with Gasteiger partial charge < -0.3 is 0 Å². The molecule has 0 aliphatic heterocycles. The van der Waals surface area contributed by atoms with Crippen molar-refractivity contribution >= 4 is 6.34 Å². The summed E-state index contributed by atoms with van der Waals surface area (Å²) >= 11 is 0. The molecule has 0 saturated carbocycles. The van der Waals surface area contributed by atoms with Crippen LogP contribution in [0.15, 0.2) is 4.99 Å². The Hall–Kier alpha value is -0.530. The van der Waals surface area contributed by atoms with Crippen molar-refractivity contribution in [3.63, 3.8) is 0 Å². The number of nitrogens with one attached hydrogen (secondary N) is 1. The highest BCUT2D eigenvalue weighted by Gasteiger charge is 1.51. The zero-order valence-corrected chi connectivity index (χ0v) is 3.23. The molecule has 0 bridgehead atoms. The third kappa shape index (κ3) is 3.47. The molecule has 0 aromatic rings. The molecular formula is C3H7N2. The van der Waals surface area contributed by atoms with Crippen LogP contribution < -0.4 is 5.73 Å². The minimum atomic E-state index is 0.726. The third-order valence-corrected chi connectivity index (χ3v) is 0.274. The Morgan fingerprint density at radius 1 is 2.00 bits per heavy atom. The van der Waals surface area contributed by atoms with Crippen LogP contribution in [-0.2, 0) is 0 Å². The zero-order valence-electron chi connectivity index (χ0n) is 3.23. The molecule has 0 saturated heterocycles. The van der Waals surface area contributed by atoms with Crippen LogP contribution in [0.1, 0.15) is 6.92 Å². The summed E-state index contributed by atoms with van der Waals surface area (Å²) in [6, 6.07) is 0. The van der Waals surface area contributed by atoms with E-state index in [2.05, 4.69) is 4.99 Å². The molecule has 2 nitrogen and oxygen atoms in total. The molecule has 0 aliphatic rings. The largest absolute Gasteiger partial charge is 0.290 e. The first-order valence-corrected chi connectivity index (χ1v) is 1.57. The predicted octanol–water partition coefficient (Wildman–Crippen LogP) is 0.317. The highest BCUT2D eigenvalue weighted by atomic mass is 14.8. The summed E-state index contributed by atoms with van der Waals surface area (Å²) in [6.45, 7) is 2.62. The first-order chi connectivity index (χ1) is 2.41. The molecule has 1 N–H and O–H groups in total. The molecule has 5 heavy (non-hydrogen) atoms. The summed E-state index contributed by atoms with van der Waals surface area (Å²) in [5, 5.41) is 0. The maximum absolute atomic E-state index is 6.31. The maximum Gasteiger partial charge on any atom is 0.101 e. The van der Waals surface area contributed by atoms with Crippen LogP contribution in [0.3, 0.4) is 0 Å². The van der Waals surface area contributed by atoms with Gasteiger partial charge in [-0.3, -0.25) is 10.7 Å². The van der Waals surface area contributed by atoms with Gasteiger partial charge in [0.25, 0.3) is 0 Å². The highest BCUT2D eigenvalue weighted by molar-refractivity contribution is 5.49. The number of aliphatic imine (C=N–C) groups is 1. The van der Waals surface area contributed by atoms with E-state index in [0.29, 0.717) is 0 Å². The van der Waals surface area contributed by atoms with Crippen molar-refractivity contribution in [1.29, 1.82) is 0 Å². The van der Waals surface area contributed by atoms with E-state index in [1.807, 2.05) is 6.92 Å². The predicted molar refractivity (Wildman–Crippen MR) is 22.1 cm³/mol. The average molecular weight is 71.1 g/mol. The molecular weight excluding hydrogens is 64.0 g/mol. The van der Waals surface area contributed by atoms with Gasteiger partial charge in [0.15, 0.2) is 0 Å². The van der Waals surface area contributed by atoms with E-state index in [-0.39, 0.29) is 0 Å². The fraction of sp³-hybridized carbons (Fsp3) is 0.667. The topological polar surface area (TPSA) is 36.2 Å². The number of hydrogen-bond acceptors (Lipinski definition) is 1. The molecule has 0 fully saturated rings. The van der Waals surface area contributed by atoms with Crippen LogP contribution in [0.4, 0.5) is 0 Å².